The van der Waals surface area contributed by atoms with E-state index in [1.807, 2.05) is 54.3 Å². The molecule has 2 N–H and O–H groups in total. The van der Waals surface area contributed by atoms with Crippen molar-refractivity contribution in [3.8, 4) is 0 Å². The predicted molar refractivity (Wildman–Crippen MR) is 144 cm³/mol. The van der Waals surface area contributed by atoms with Crippen LogP contribution in [0.3, 0.4) is 0 Å². The molecule has 2 aromatic carbocycles. The number of para-hydroxylation sites is 1. The molecule has 3 amide bonds. The number of nitrogens with one attached hydrogen (secondary N) is 2. The van der Waals surface area contributed by atoms with Gasteiger partial charge in [-0.05, 0) is 60.7 Å². The highest BCUT2D eigenvalue weighted by atomic mass is 16.6. The van der Waals surface area contributed by atoms with Crippen LogP contribution in [-0.2, 0) is 17.7 Å². The Morgan fingerprint density at radius 3 is 2.76 bits per heavy atom. The van der Waals surface area contributed by atoms with E-state index in [0.717, 1.165) is 33.3 Å². The lowest BCUT2D eigenvalue weighted by Gasteiger charge is -2.40. The summed E-state index contributed by atoms with van der Waals surface area (Å²) in [5, 5.41) is 11.2. The van der Waals surface area contributed by atoms with Crippen molar-refractivity contribution < 1.29 is 14.3 Å². The number of aryl methyl sites for hydroxylation is 1. The van der Waals surface area contributed by atoms with E-state index in [-0.39, 0.29) is 18.2 Å². The van der Waals surface area contributed by atoms with Gasteiger partial charge < -0.3 is 19.9 Å². The van der Waals surface area contributed by atoms with E-state index in [2.05, 4.69) is 32.6 Å². The first-order valence-corrected chi connectivity index (χ1v) is 13.0. The first-order valence-electron chi connectivity index (χ1n) is 13.0. The number of likely N-dealkylation sites (tertiary alicyclic amines) is 1. The molecule has 2 aromatic heterocycles. The molecule has 1 saturated heterocycles. The molecule has 6 rings (SSSR count). The van der Waals surface area contributed by atoms with Crippen LogP contribution in [0.25, 0.3) is 10.9 Å². The van der Waals surface area contributed by atoms with Crippen molar-refractivity contribution in [2.24, 2.45) is 0 Å². The Kier molecular flexibility index (Phi) is 6.41. The summed E-state index contributed by atoms with van der Waals surface area (Å²) in [4.78, 5) is 34.1. The van der Waals surface area contributed by atoms with Crippen LogP contribution in [0.2, 0.25) is 0 Å². The third-order valence-corrected chi connectivity index (χ3v) is 7.51. The summed E-state index contributed by atoms with van der Waals surface area (Å²) in [6.07, 6.45) is 4.56. The van der Waals surface area contributed by atoms with Gasteiger partial charge in [0.2, 0.25) is 0 Å². The van der Waals surface area contributed by atoms with Crippen molar-refractivity contribution in [3.05, 3.63) is 89.4 Å². The second-order valence-electron chi connectivity index (χ2n) is 10.0. The number of hydrogen-bond acceptors (Lipinski definition) is 5. The van der Waals surface area contributed by atoms with Gasteiger partial charge in [0.05, 0.1) is 17.4 Å². The standard InChI is InChI=1S/C29H30N6O3/c1-19-14-20(15-22-17-31-33-27(19)22)16-26(25-8-4-5-11-30-25)38-29(37)34-12-9-23(10-13-34)35-18-21-6-2-3-7-24(21)32-28(35)36/h2-8,11,14-15,17,23,26H,9-10,12-13,16,18H2,1H3,(H,31,33)(H,32,36). The van der Waals surface area contributed by atoms with Crippen LogP contribution in [-0.4, -0.2) is 56.2 Å². The summed E-state index contributed by atoms with van der Waals surface area (Å²) < 4.78 is 6.07. The molecule has 2 aliphatic heterocycles. The summed E-state index contributed by atoms with van der Waals surface area (Å²) in [6, 6.07) is 17.7. The van der Waals surface area contributed by atoms with Gasteiger partial charge in [-0.15, -0.1) is 0 Å². The lowest BCUT2D eigenvalue weighted by Crippen LogP contribution is -2.51. The van der Waals surface area contributed by atoms with Gasteiger partial charge in [0.1, 0.15) is 6.10 Å². The minimum atomic E-state index is -0.519. The maximum Gasteiger partial charge on any atom is 0.410 e. The third-order valence-electron chi connectivity index (χ3n) is 7.51. The molecule has 1 unspecified atom stereocenters. The van der Waals surface area contributed by atoms with Crippen molar-refractivity contribution in [1.29, 1.82) is 0 Å². The number of aromatic amines is 1. The maximum atomic E-state index is 13.3. The number of fused-ring (bicyclic) bond motifs is 2. The highest BCUT2D eigenvalue weighted by Gasteiger charge is 2.33. The first-order chi connectivity index (χ1) is 18.5. The monoisotopic (exact) mass is 510 g/mol. The fourth-order valence-corrected chi connectivity index (χ4v) is 5.49. The highest BCUT2D eigenvalue weighted by Crippen LogP contribution is 2.29. The predicted octanol–water partition coefficient (Wildman–Crippen LogP) is 5.20. The normalized spacial score (nSPS) is 16.7. The van der Waals surface area contributed by atoms with Crippen molar-refractivity contribution in [2.45, 2.75) is 44.9 Å². The van der Waals surface area contributed by atoms with Crippen molar-refractivity contribution in [3.63, 3.8) is 0 Å². The van der Waals surface area contributed by atoms with E-state index in [1.165, 1.54) is 0 Å². The van der Waals surface area contributed by atoms with Crippen LogP contribution < -0.4 is 5.32 Å². The minimum absolute atomic E-state index is 0.0728. The summed E-state index contributed by atoms with van der Waals surface area (Å²) in [5.74, 6) is 0. The van der Waals surface area contributed by atoms with E-state index in [9.17, 15) is 9.59 Å². The van der Waals surface area contributed by atoms with Crippen LogP contribution in [0.5, 0.6) is 0 Å². The Hall–Kier alpha value is -4.40. The SMILES string of the molecule is Cc1cc(CC(OC(=O)N2CCC(N3Cc4ccccc4NC3=O)CC2)c2ccccn2)cc2cn[nH]c12. The van der Waals surface area contributed by atoms with Gasteiger partial charge in [-0.3, -0.25) is 10.1 Å². The molecule has 4 heterocycles. The van der Waals surface area contributed by atoms with Crippen molar-refractivity contribution in [1.82, 2.24) is 25.0 Å². The summed E-state index contributed by atoms with van der Waals surface area (Å²) >= 11 is 0. The summed E-state index contributed by atoms with van der Waals surface area (Å²) in [6.45, 7) is 3.68. The van der Waals surface area contributed by atoms with Gasteiger partial charge >= 0.3 is 12.1 Å². The van der Waals surface area contributed by atoms with E-state index >= 15 is 0 Å². The van der Waals surface area contributed by atoms with Crippen LogP contribution >= 0.6 is 0 Å². The molecule has 0 saturated carbocycles. The number of aromatic nitrogens is 3. The topological polar surface area (TPSA) is 103 Å². The van der Waals surface area contributed by atoms with E-state index in [4.69, 9.17) is 4.74 Å². The number of pyridine rings is 1. The average Bonchev–Trinajstić information content (AvgIpc) is 3.42. The number of rotatable bonds is 5. The van der Waals surface area contributed by atoms with E-state index in [0.29, 0.717) is 44.6 Å². The molecular formula is C29H30N6O3. The van der Waals surface area contributed by atoms with Gasteiger partial charge in [-0.2, -0.15) is 5.10 Å². The third kappa shape index (κ3) is 4.79. The summed E-state index contributed by atoms with van der Waals surface area (Å²) in [5.41, 5.74) is 5.84. The second kappa shape index (κ2) is 10.2. The molecule has 38 heavy (non-hydrogen) atoms. The maximum absolute atomic E-state index is 13.3. The number of benzene rings is 2. The Morgan fingerprint density at radius 2 is 1.95 bits per heavy atom. The van der Waals surface area contributed by atoms with Crippen LogP contribution in [0.15, 0.2) is 67.0 Å². The molecule has 0 spiro atoms. The number of ether oxygens (including phenoxy) is 1. The zero-order valence-corrected chi connectivity index (χ0v) is 21.3. The number of nitrogens with zero attached hydrogens (tertiary/aromatic N) is 4. The van der Waals surface area contributed by atoms with Crippen molar-refractivity contribution >= 4 is 28.7 Å². The van der Waals surface area contributed by atoms with E-state index in [1.54, 1.807) is 17.3 Å². The molecule has 194 valence electrons. The minimum Gasteiger partial charge on any atom is -0.439 e. The molecule has 0 radical (unpaired) electrons. The van der Waals surface area contributed by atoms with Gasteiger partial charge in [0.25, 0.3) is 0 Å². The number of carbonyl (C=O) groups is 2. The Morgan fingerprint density at radius 1 is 1.13 bits per heavy atom. The van der Waals surface area contributed by atoms with Gasteiger partial charge in [-0.25, -0.2) is 9.59 Å². The number of H-pyrrole nitrogens is 1. The van der Waals surface area contributed by atoms with Gasteiger partial charge in [0, 0.05) is 49.4 Å². The highest BCUT2D eigenvalue weighted by molar-refractivity contribution is 5.92. The fourth-order valence-electron chi connectivity index (χ4n) is 5.49. The molecule has 2 aliphatic rings. The number of amides is 3. The second-order valence-corrected chi connectivity index (χ2v) is 10.0. The molecule has 9 nitrogen and oxygen atoms in total. The number of piperidine rings is 1. The number of carbonyl (C=O) groups excluding carboxylic acids is 2. The largest absolute Gasteiger partial charge is 0.439 e. The number of anilines is 1. The molecular weight excluding hydrogens is 480 g/mol. The van der Waals surface area contributed by atoms with E-state index < -0.39 is 6.10 Å². The lowest BCUT2D eigenvalue weighted by atomic mass is 10.0. The average molecular weight is 511 g/mol. The Labute approximate surface area is 220 Å². The molecule has 0 aliphatic carbocycles. The Bertz CT molecular complexity index is 1460. The lowest BCUT2D eigenvalue weighted by molar-refractivity contribution is 0.0463. The van der Waals surface area contributed by atoms with Crippen molar-refractivity contribution in [2.75, 3.05) is 18.4 Å². The zero-order valence-electron chi connectivity index (χ0n) is 21.3. The van der Waals surface area contributed by atoms with Gasteiger partial charge in [0.15, 0.2) is 0 Å². The fraction of sp³-hybridized carbons (Fsp3) is 0.310. The van der Waals surface area contributed by atoms with Crippen LogP contribution in [0, 0.1) is 6.92 Å². The quantitative estimate of drug-likeness (QED) is 0.384. The molecule has 1 atom stereocenters. The molecule has 0 bridgehead atoms. The Balaban J connectivity index is 1.12. The first kappa shape index (κ1) is 24.0. The number of urea groups is 1. The van der Waals surface area contributed by atoms with Crippen LogP contribution in [0.4, 0.5) is 15.3 Å². The molecule has 4 aromatic rings. The molecule has 1 fully saturated rings. The summed E-state index contributed by atoms with van der Waals surface area (Å²) in [7, 11) is 0. The van der Waals surface area contributed by atoms with Gasteiger partial charge in [-0.1, -0.05) is 30.3 Å². The molecule has 9 heteroatoms. The zero-order chi connectivity index (χ0) is 26.1. The van der Waals surface area contributed by atoms with Crippen LogP contribution in [0.1, 0.15) is 41.3 Å². The smallest absolute Gasteiger partial charge is 0.410 e. The number of hydrogen-bond donors (Lipinski definition) is 2.